The van der Waals surface area contributed by atoms with E-state index in [2.05, 4.69) is 10.0 Å². The average Bonchev–Trinajstić information content (AvgIpc) is 2.74. The summed E-state index contributed by atoms with van der Waals surface area (Å²) in [6.07, 6.45) is -0.242. The van der Waals surface area contributed by atoms with Crippen LogP contribution < -0.4 is 10.0 Å². The molecule has 0 amide bonds. The molecule has 106 valence electrons. The zero-order valence-corrected chi connectivity index (χ0v) is 11.8. The molecule has 1 aliphatic heterocycles. The Balaban J connectivity index is 2.23. The van der Waals surface area contributed by atoms with Crippen molar-refractivity contribution in [3.63, 3.8) is 0 Å². The fourth-order valence-corrected chi connectivity index (χ4v) is 3.77. The third-order valence-corrected chi connectivity index (χ3v) is 4.92. The summed E-state index contributed by atoms with van der Waals surface area (Å²) >= 11 is 5.76. The van der Waals surface area contributed by atoms with E-state index in [1.165, 1.54) is 7.11 Å². The minimum atomic E-state index is -3.80. The Labute approximate surface area is 116 Å². The number of hydrogen-bond acceptors (Lipinski definition) is 4. The second-order valence-electron chi connectivity index (χ2n) is 4.23. The van der Waals surface area contributed by atoms with Gasteiger partial charge in [-0.1, -0.05) is 11.6 Å². The van der Waals surface area contributed by atoms with Gasteiger partial charge in [-0.2, -0.15) is 0 Å². The van der Waals surface area contributed by atoms with Crippen LogP contribution in [-0.2, 0) is 14.8 Å². The summed E-state index contributed by atoms with van der Waals surface area (Å²) in [5.41, 5.74) is 0. The summed E-state index contributed by atoms with van der Waals surface area (Å²) in [7, 11) is -2.29. The number of halogens is 2. The summed E-state index contributed by atoms with van der Waals surface area (Å²) in [5.74, 6) is -0.582. The van der Waals surface area contributed by atoms with Gasteiger partial charge in [-0.3, -0.25) is 0 Å². The van der Waals surface area contributed by atoms with Gasteiger partial charge in [-0.05, 0) is 18.2 Å². The first-order valence-corrected chi connectivity index (χ1v) is 7.51. The number of methoxy groups -OCH3 is 1. The molecule has 2 rings (SSSR count). The quantitative estimate of drug-likeness (QED) is 0.861. The van der Waals surface area contributed by atoms with E-state index in [0.29, 0.717) is 13.1 Å². The Morgan fingerprint density at radius 3 is 2.84 bits per heavy atom. The van der Waals surface area contributed by atoms with Crippen molar-refractivity contribution < 1.29 is 17.5 Å². The molecule has 1 aromatic carbocycles. The predicted octanol–water partition coefficient (Wildman–Crippen LogP) is 0.744. The van der Waals surface area contributed by atoms with Crippen LogP contribution in [0.3, 0.4) is 0 Å². The van der Waals surface area contributed by atoms with Crippen molar-refractivity contribution in [3.8, 4) is 0 Å². The molecule has 1 aliphatic rings. The Morgan fingerprint density at radius 1 is 1.47 bits per heavy atom. The summed E-state index contributed by atoms with van der Waals surface area (Å²) in [5, 5.41) is 2.88. The van der Waals surface area contributed by atoms with Crippen LogP contribution in [0.15, 0.2) is 23.1 Å². The van der Waals surface area contributed by atoms with Gasteiger partial charge in [0.2, 0.25) is 10.0 Å². The van der Waals surface area contributed by atoms with E-state index in [1.54, 1.807) is 0 Å². The first kappa shape index (κ1) is 14.7. The first-order chi connectivity index (χ1) is 8.94. The predicted molar refractivity (Wildman–Crippen MR) is 69.2 cm³/mol. The van der Waals surface area contributed by atoms with Gasteiger partial charge in [0.1, 0.15) is 10.7 Å². The van der Waals surface area contributed by atoms with Crippen molar-refractivity contribution >= 4 is 21.6 Å². The summed E-state index contributed by atoms with van der Waals surface area (Å²) in [6, 6.07) is 2.79. The van der Waals surface area contributed by atoms with Crippen LogP contribution in [0, 0.1) is 5.82 Å². The fraction of sp³-hybridized carbons (Fsp3) is 0.455. The second-order valence-corrected chi connectivity index (χ2v) is 6.32. The molecule has 2 N–H and O–H groups in total. The molecule has 0 bridgehead atoms. The van der Waals surface area contributed by atoms with Gasteiger partial charge in [0, 0.05) is 20.2 Å². The minimum Gasteiger partial charge on any atom is -0.378 e. The average molecular weight is 309 g/mol. The normalized spacial score (nSPS) is 23.7. The zero-order valence-electron chi connectivity index (χ0n) is 10.2. The Kier molecular flexibility index (Phi) is 4.42. The molecule has 5 nitrogen and oxygen atoms in total. The lowest BCUT2D eigenvalue weighted by Crippen LogP contribution is -2.43. The number of nitrogens with one attached hydrogen (secondary N) is 2. The highest BCUT2D eigenvalue weighted by molar-refractivity contribution is 7.89. The maximum Gasteiger partial charge on any atom is 0.242 e. The number of hydrogen-bond donors (Lipinski definition) is 2. The second kappa shape index (κ2) is 5.72. The molecule has 1 unspecified atom stereocenters. The third kappa shape index (κ3) is 3.24. The van der Waals surface area contributed by atoms with E-state index in [9.17, 15) is 12.8 Å². The highest BCUT2D eigenvalue weighted by Gasteiger charge is 2.31. The van der Waals surface area contributed by atoms with Gasteiger partial charge in [0.25, 0.3) is 0 Å². The van der Waals surface area contributed by atoms with Crippen molar-refractivity contribution in [2.75, 3.05) is 20.2 Å². The van der Waals surface area contributed by atoms with Crippen LogP contribution in [0.1, 0.15) is 0 Å². The molecule has 1 aromatic rings. The van der Waals surface area contributed by atoms with Gasteiger partial charge in [-0.25, -0.2) is 17.5 Å². The van der Waals surface area contributed by atoms with E-state index in [1.807, 2.05) is 0 Å². The molecule has 0 aliphatic carbocycles. The molecule has 2 atom stereocenters. The van der Waals surface area contributed by atoms with Crippen LogP contribution in [0.25, 0.3) is 0 Å². The van der Waals surface area contributed by atoms with E-state index in [-0.39, 0.29) is 22.1 Å². The smallest absolute Gasteiger partial charge is 0.242 e. The lowest BCUT2D eigenvalue weighted by molar-refractivity contribution is 0.103. The Morgan fingerprint density at radius 2 is 2.21 bits per heavy atom. The molecule has 1 saturated heterocycles. The van der Waals surface area contributed by atoms with E-state index < -0.39 is 15.8 Å². The third-order valence-electron chi connectivity index (χ3n) is 2.95. The van der Waals surface area contributed by atoms with Crippen LogP contribution in [0.4, 0.5) is 4.39 Å². The van der Waals surface area contributed by atoms with Crippen molar-refractivity contribution in [2.45, 2.75) is 17.0 Å². The molecule has 1 fully saturated rings. The highest BCUT2D eigenvalue weighted by atomic mass is 35.5. The summed E-state index contributed by atoms with van der Waals surface area (Å²) in [4.78, 5) is -0.141. The lowest BCUT2D eigenvalue weighted by Gasteiger charge is -2.19. The molecular weight excluding hydrogens is 295 g/mol. The van der Waals surface area contributed by atoms with Crippen molar-refractivity contribution in [2.24, 2.45) is 0 Å². The number of sulfonamides is 1. The number of rotatable bonds is 4. The molecule has 19 heavy (non-hydrogen) atoms. The van der Waals surface area contributed by atoms with Crippen molar-refractivity contribution in [3.05, 3.63) is 29.0 Å². The number of benzene rings is 1. The molecule has 1 heterocycles. The number of ether oxygens (including phenoxy) is 1. The molecule has 0 saturated carbocycles. The molecule has 0 aromatic heterocycles. The zero-order chi connectivity index (χ0) is 14.0. The van der Waals surface area contributed by atoms with E-state index in [0.717, 1.165) is 18.2 Å². The minimum absolute atomic E-state index is 0.141. The van der Waals surface area contributed by atoms with Crippen molar-refractivity contribution in [1.82, 2.24) is 10.0 Å². The maximum absolute atomic E-state index is 12.9. The summed E-state index contributed by atoms with van der Waals surface area (Å²) in [6.45, 7) is 1.04. The fourth-order valence-electron chi connectivity index (χ4n) is 1.98. The molecular formula is C11H14ClFN2O3S. The molecule has 0 spiro atoms. The van der Waals surface area contributed by atoms with E-state index >= 15 is 0 Å². The monoisotopic (exact) mass is 308 g/mol. The van der Waals surface area contributed by atoms with Gasteiger partial charge < -0.3 is 10.1 Å². The SMILES string of the molecule is CO[C@H]1CNCC1NS(=O)(=O)c1ccc(F)cc1Cl. The lowest BCUT2D eigenvalue weighted by atomic mass is 10.2. The topological polar surface area (TPSA) is 67.4 Å². The maximum atomic E-state index is 12.9. The largest absolute Gasteiger partial charge is 0.378 e. The molecule has 8 heteroatoms. The first-order valence-electron chi connectivity index (χ1n) is 5.65. The van der Waals surface area contributed by atoms with Gasteiger partial charge in [0.05, 0.1) is 17.2 Å². The van der Waals surface area contributed by atoms with Gasteiger partial charge in [0.15, 0.2) is 0 Å². The van der Waals surface area contributed by atoms with Crippen molar-refractivity contribution in [1.29, 1.82) is 0 Å². The van der Waals surface area contributed by atoms with Crippen LogP contribution in [-0.4, -0.2) is 40.8 Å². The van der Waals surface area contributed by atoms with Crippen LogP contribution >= 0.6 is 11.6 Å². The van der Waals surface area contributed by atoms with Gasteiger partial charge >= 0.3 is 0 Å². The van der Waals surface area contributed by atoms with Crippen LogP contribution in [0.5, 0.6) is 0 Å². The van der Waals surface area contributed by atoms with E-state index in [4.69, 9.17) is 16.3 Å². The summed E-state index contributed by atoms with van der Waals surface area (Å²) < 4.78 is 45.0. The van der Waals surface area contributed by atoms with Crippen LogP contribution in [0.2, 0.25) is 5.02 Å². The highest BCUT2D eigenvalue weighted by Crippen LogP contribution is 2.22. The Hall–Kier alpha value is -0.730. The standard InChI is InChI=1S/C11H14ClFN2O3S/c1-18-10-6-14-5-9(10)15-19(16,17)11-3-2-7(13)4-8(11)12/h2-4,9-10,14-15H,5-6H2,1H3/t9?,10-/m0/s1. The van der Waals surface area contributed by atoms with Gasteiger partial charge in [-0.15, -0.1) is 0 Å². The Bertz CT molecular complexity index is 567. The molecule has 0 radical (unpaired) electrons.